The zero-order valence-electron chi connectivity index (χ0n) is 11.7. The van der Waals surface area contributed by atoms with Crippen molar-refractivity contribution < 1.29 is 0 Å². The highest BCUT2D eigenvalue weighted by molar-refractivity contribution is 5.94. The van der Waals surface area contributed by atoms with Crippen molar-refractivity contribution in [3.05, 3.63) is 71.9 Å². The van der Waals surface area contributed by atoms with Crippen molar-refractivity contribution in [2.75, 3.05) is 5.32 Å². The van der Waals surface area contributed by atoms with Crippen LogP contribution in [0.5, 0.6) is 0 Å². The summed E-state index contributed by atoms with van der Waals surface area (Å²) in [6.45, 7) is 2.09. The van der Waals surface area contributed by atoms with E-state index in [2.05, 4.69) is 35.4 Å². The van der Waals surface area contributed by atoms with E-state index in [1.807, 2.05) is 42.5 Å². The normalized spacial score (nSPS) is 11.8. The van der Waals surface area contributed by atoms with Crippen LogP contribution in [-0.2, 0) is 0 Å². The molecule has 0 aliphatic rings. The smallest absolute Gasteiger partial charge is 0.103 e. The van der Waals surface area contributed by atoms with Crippen LogP contribution in [0.25, 0.3) is 10.9 Å². The third-order valence-corrected chi connectivity index (χ3v) is 3.56. The first-order chi connectivity index (χ1) is 10.3. The number of hydrogen-bond acceptors (Lipinski definition) is 3. The molecule has 21 heavy (non-hydrogen) atoms. The van der Waals surface area contributed by atoms with Gasteiger partial charge in [0.1, 0.15) is 6.07 Å². The molecule has 3 rings (SSSR count). The maximum Gasteiger partial charge on any atom is 0.103 e. The Morgan fingerprint density at radius 2 is 1.76 bits per heavy atom. The molecule has 2 aromatic carbocycles. The number of benzene rings is 2. The van der Waals surface area contributed by atoms with E-state index in [1.165, 1.54) is 5.56 Å². The lowest BCUT2D eigenvalue weighted by Gasteiger charge is -2.18. The van der Waals surface area contributed by atoms with Crippen LogP contribution in [0.15, 0.2) is 60.8 Å². The standard InChI is InChI=1S/C18H15N3/c1-13(14-7-3-2-4-8-14)21-18-15(11-19)12-20-17-10-6-5-9-16(17)18/h2-10,12-13H,1H3,(H,20,21)/t13-/m1/s1. The number of nitriles is 1. The fraction of sp³-hybridized carbons (Fsp3) is 0.111. The molecule has 0 aliphatic heterocycles. The quantitative estimate of drug-likeness (QED) is 0.774. The second kappa shape index (κ2) is 5.64. The van der Waals surface area contributed by atoms with E-state index in [-0.39, 0.29) is 6.04 Å². The number of fused-ring (bicyclic) bond motifs is 1. The summed E-state index contributed by atoms with van der Waals surface area (Å²) >= 11 is 0. The molecule has 1 atom stereocenters. The molecule has 0 saturated carbocycles. The van der Waals surface area contributed by atoms with Gasteiger partial charge >= 0.3 is 0 Å². The van der Waals surface area contributed by atoms with E-state index >= 15 is 0 Å². The van der Waals surface area contributed by atoms with E-state index in [1.54, 1.807) is 6.20 Å². The minimum Gasteiger partial charge on any atom is -0.377 e. The molecule has 1 N–H and O–H groups in total. The second-order valence-electron chi connectivity index (χ2n) is 4.95. The van der Waals surface area contributed by atoms with Gasteiger partial charge in [0.15, 0.2) is 0 Å². The van der Waals surface area contributed by atoms with Crippen LogP contribution in [-0.4, -0.2) is 4.98 Å². The Morgan fingerprint density at radius 1 is 1.05 bits per heavy atom. The Labute approximate surface area is 123 Å². The first kappa shape index (κ1) is 13.1. The van der Waals surface area contributed by atoms with Crippen molar-refractivity contribution >= 4 is 16.6 Å². The zero-order valence-corrected chi connectivity index (χ0v) is 11.7. The summed E-state index contributed by atoms with van der Waals surface area (Å²) < 4.78 is 0. The number of para-hydroxylation sites is 1. The van der Waals surface area contributed by atoms with Crippen molar-refractivity contribution in [1.29, 1.82) is 5.26 Å². The first-order valence-electron chi connectivity index (χ1n) is 6.89. The summed E-state index contributed by atoms with van der Waals surface area (Å²) in [5, 5.41) is 13.8. The van der Waals surface area contributed by atoms with Gasteiger partial charge in [-0.15, -0.1) is 0 Å². The molecule has 3 aromatic rings. The molecule has 1 aromatic heterocycles. The number of nitrogens with zero attached hydrogens (tertiary/aromatic N) is 2. The Hall–Kier alpha value is -2.86. The van der Waals surface area contributed by atoms with Gasteiger partial charge in [-0.1, -0.05) is 48.5 Å². The van der Waals surface area contributed by atoms with Crippen LogP contribution in [0.1, 0.15) is 24.1 Å². The van der Waals surface area contributed by atoms with Gasteiger partial charge in [0, 0.05) is 17.6 Å². The summed E-state index contributed by atoms with van der Waals surface area (Å²) in [5.74, 6) is 0. The van der Waals surface area contributed by atoms with Gasteiger partial charge in [-0.3, -0.25) is 4.98 Å². The summed E-state index contributed by atoms with van der Waals surface area (Å²) in [6, 6.07) is 20.4. The largest absolute Gasteiger partial charge is 0.377 e. The van der Waals surface area contributed by atoms with E-state index in [0.717, 1.165) is 16.6 Å². The molecule has 0 amide bonds. The topological polar surface area (TPSA) is 48.7 Å². The molecule has 102 valence electrons. The van der Waals surface area contributed by atoms with Crippen LogP contribution in [0.4, 0.5) is 5.69 Å². The van der Waals surface area contributed by atoms with Gasteiger partial charge < -0.3 is 5.32 Å². The van der Waals surface area contributed by atoms with Crippen LogP contribution < -0.4 is 5.32 Å². The molecule has 0 bridgehead atoms. The summed E-state index contributed by atoms with van der Waals surface area (Å²) in [4.78, 5) is 4.33. The molecule has 3 heteroatoms. The van der Waals surface area contributed by atoms with Crippen LogP contribution in [0.3, 0.4) is 0 Å². The van der Waals surface area contributed by atoms with Crippen molar-refractivity contribution in [1.82, 2.24) is 4.98 Å². The van der Waals surface area contributed by atoms with Crippen molar-refractivity contribution in [2.45, 2.75) is 13.0 Å². The van der Waals surface area contributed by atoms with Crippen molar-refractivity contribution in [2.24, 2.45) is 0 Å². The predicted molar refractivity (Wildman–Crippen MR) is 84.9 cm³/mol. The van der Waals surface area contributed by atoms with Crippen LogP contribution >= 0.6 is 0 Å². The molecule has 3 nitrogen and oxygen atoms in total. The fourth-order valence-corrected chi connectivity index (χ4v) is 2.42. The lowest BCUT2D eigenvalue weighted by Crippen LogP contribution is -2.08. The van der Waals surface area contributed by atoms with E-state index < -0.39 is 0 Å². The van der Waals surface area contributed by atoms with Gasteiger partial charge in [-0.05, 0) is 18.6 Å². The minimum absolute atomic E-state index is 0.115. The van der Waals surface area contributed by atoms with E-state index in [9.17, 15) is 5.26 Å². The molecular weight excluding hydrogens is 258 g/mol. The maximum absolute atomic E-state index is 9.33. The highest BCUT2D eigenvalue weighted by Gasteiger charge is 2.12. The van der Waals surface area contributed by atoms with Crippen LogP contribution in [0, 0.1) is 11.3 Å². The number of anilines is 1. The number of hydrogen-bond donors (Lipinski definition) is 1. The second-order valence-corrected chi connectivity index (χ2v) is 4.95. The zero-order chi connectivity index (χ0) is 14.7. The first-order valence-corrected chi connectivity index (χ1v) is 6.89. The van der Waals surface area contributed by atoms with Gasteiger partial charge in [0.25, 0.3) is 0 Å². The van der Waals surface area contributed by atoms with Gasteiger partial charge in [0.05, 0.1) is 16.8 Å². The highest BCUT2D eigenvalue weighted by atomic mass is 14.9. The predicted octanol–water partition coefficient (Wildman–Crippen LogP) is 4.28. The maximum atomic E-state index is 9.33. The Bertz CT molecular complexity index is 804. The Balaban J connectivity index is 2.05. The number of pyridine rings is 1. The lowest BCUT2D eigenvalue weighted by molar-refractivity contribution is 0.885. The molecule has 1 heterocycles. The fourth-order valence-electron chi connectivity index (χ4n) is 2.42. The number of rotatable bonds is 3. The molecule has 0 radical (unpaired) electrons. The summed E-state index contributed by atoms with van der Waals surface area (Å²) in [6.07, 6.45) is 1.63. The Kier molecular flexibility index (Phi) is 3.53. The minimum atomic E-state index is 0.115. The molecular formula is C18H15N3. The molecule has 0 unspecified atom stereocenters. The third kappa shape index (κ3) is 2.56. The third-order valence-electron chi connectivity index (χ3n) is 3.56. The van der Waals surface area contributed by atoms with Gasteiger partial charge in [0.2, 0.25) is 0 Å². The number of aromatic nitrogens is 1. The van der Waals surface area contributed by atoms with Crippen molar-refractivity contribution in [3.63, 3.8) is 0 Å². The van der Waals surface area contributed by atoms with Crippen LogP contribution in [0.2, 0.25) is 0 Å². The molecule has 0 saturated heterocycles. The molecule has 0 spiro atoms. The monoisotopic (exact) mass is 273 g/mol. The molecule has 0 aliphatic carbocycles. The highest BCUT2D eigenvalue weighted by Crippen LogP contribution is 2.29. The average molecular weight is 273 g/mol. The average Bonchev–Trinajstić information content (AvgIpc) is 2.56. The summed E-state index contributed by atoms with van der Waals surface area (Å²) in [7, 11) is 0. The number of nitrogens with one attached hydrogen (secondary N) is 1. The summed E-state index contributed by atoms with van der Waals surface area (Å²) in [5.41, 5.74) is 3.48. The SMILES string of the molecule is C[C@@H](Nc1c(C#N)cnc2ccccc12)c1ccccc1. The lowest BCUT2D eigenvalue weighted by atomic mass is 10.1. The van der Waals surface area contributed by atoms with E-state index in [0.29, 0.717) is 5.56 Å². The molecule has 0 fully saturated rings. The van der Waals surface area contributed by atoms with Gasteiger partial charge in [-0.2, -0.15) is 5.26 Å². The van der Waals surface area contributed by atoms with E-state index in [4.69, 9.17) is 0 Å². The Morgan fingerprint density at radius 3 is 2.52 bits per heavy atom. The van der Waals surface area contributed by atoms with Crippen molar-refractivity contribution in [3.8, 4) is 6.07 Å². The van der Waals surface area contributed by atoms with Gasteiger partial charge in [-0.25, -0.2) is 0 Å².